The van der Waals surface area contributed by atoms with Gasteiger partial charge in [0.1, 0.15) is 17.3 Å². The van der Waals surface area contributed by atoms with E-state index in [-0.39, 0.29) is 22.5 Å². The fraction of sp³-hybridized carbons (Fsp3) is 0.0588. The molecule has 0 radical (unpaired) electrons. The minimum Gasteiger partial charge on any atom is -0.334 e. The molecule has 0 atom stereocenters. The first-order valence-corrected chi connectivity index (χ1v) is 9.44. The van der Waals surface area contributed by atoms with Crippen LogP contribution in [0.5, 0.6) is 0 Å². The lowest BCUT2D eigenvalue weighted by molar-refractivity contribution is -0.384. The molecule has 1 heterocycles. The fourth-order valence-corrected chi connectivity index (χ4v) is 2.88. The summed E-state index contributed by atoms with van der Waals surface area (Å²) in [5.41, 5.74) is 2.56. The second-order valence-electron chi connectivity index (χ2n) is 5.83. The second kappa shape index (κ2) is 9.62. The highest BCUT2D eigenvalue weighted by Gasteiger charge is 2.15. The van der Waals surface area contributed by atoms with E-state index < -0.39 is 28.2 Å². The number of hydrogen-bond acceptors (Lipinski definition) is 9. The van der Waals surface area contributed by atoms with Crippen LogP contribution < -0.4 is 16.6 Å². The van der Waals surface area contributed by atoms with Crippen molar-refractivity contribution in [3.05, 3.63) is 69.8 Å². The van der Waals surface area contributed by atoms with E-state index in [1.165, 1.54) is 36.5 Å². The Morgan fingerprint density at radius 2 is 1.90 bits per heavy atom. The average Bonchev–Trinajstić information content (AvgIpc) is 3.09. The Morgan fingerprint density at radius 1 is 1.23 bits per heavy atom. The number of benzene rings is 2. The number of nitrogens with two attached hydrogens (primary N) is 1. The predicted octanol–water partition coefficient (Wildman–Crippen LogP) is 2.36. The van der Waals surface area contributed by atoms with E-state index in [1.807, 2.05) is 0 Å². The standard InChI is InChI=1S/C17H14F2N8O3S/c18-12-2-1-3-13(19)15(12)22-14(28)9-31-17-25-24-16(26(17)20)23-21-8-10-4-6-11(7-5-10)27(29)30/h1-8H,9,20H2,(H,22,28)(H,23,24)/b21-8+. The number of carbonyl (C=O) groups excluding carboxylic acids is 1. The highest BCUT2D eigenvalue weighted by Crippen LogP contribution is 2.20. The maximum atomic E-state index is 13.6. The third-order valence-electron chi connectivity index (χ3n) is 3.71. The van der Waals surface area contributed by atoms with Crippen molar-refractivity contribution < 1.29 is 18.5 Å². The summed E-state index contributed by atoms with van der Waals surface area (Å²) < 4.78 is 28.2. The number of nitrogen functional groups attached to an aromatic ring is 1. The minimum absolute atomic E-state index is 0.0461. The van der Waals surface area contributed by atoms with Crippen molar-refractivity contribution in [3.63, 3.8) is 0 Å². The highest BCUT2D eigenvalue weighted by molar-refractivity contribution is 7.99. The van der Waals surface area contributed by atoms with Gasteiger partial charge in [0.05, 0.1) is 16.9 Å². The van der Waals surface area contributed by atoms with Crippen LogP contribution >= 0.6 is 11.8 Å². The SMILES string of the molecule is Nn1c(N/N=C/c2ccc([N+](=O)[O-])cc2)nnc1SCC(=O)Nc1c(F)cccc1F. The Labute approximate surface area is 177 Å². The van der Waals surface area contributed by atoms with Crippen molar-refractivity contribution in [1.29, 1.82) is 0 Å². The molecule has 3 aromatic rings. The van der Waals surface area contributed by atoms with Gasteiger partial charge in [0, 0.05) is 12.1 Å². The van der Waals surface area contributed by atoms with Crippen molar-refractivity contribution in [2.45, 2.75) is 5.16 Å². The van der Waals surface area contributed by atoms with E-state index in [0.29, 0.717) is 5.56 Å². The Kier molecular flexibility index (Phi) is 6.71. The molecule has 1 aromatic heterocycles. The van der Waals surface area contributed by atoms with Crippen LogP contribution in [-0.2, 0) is 4.79 Å². The number of nitrogens with zero attached hydrogens (tertiary/aromatic N) is 5. The van der Waals surface area contributed by atoms with E-state index >= 15 is 0 Å². The molecular formula is C17H14F2N8O3S. The topological polar surface area (TPSA) is 153 Å². The molecule has 160 valence electrons. The average molecular weight is 448 g/mol. The van der Waals surface area contributed by atoms with Crippen LogP contribution in [0.2, 0.25) is 0 Å². The largest absolute Gasteiger partial charge is 0.334 e. The number of non-ortho nitro benzene ring substituents is 1. The number of hydrogen-bond donors (Lipinski definition) is 3. The second-order valence-corrected chi connectivity index (χ2v) is 6.77. The van der Waals surface area contributed by atoms with Gasteiger partial charge in [0.15, 0.2) is 0 Å². The van der Waals surface area contributed by atoms with Gasteiger partial charge in [-0.2, -0.15) is 5.10 Å². The van der Waals surface area contributed by atoms with Crippen molar-refractivity contribution >= 4 is 41.2 Å². The van der Waals surface area contributed by atoms with Gasteiger partial charge < -0.3 is 11.2 Å². The number of nitro groups is 1. The van der Waals surface area contributed by atoms with Gasteiger partial charge in [-0.25, -0.2) is 18.9 Å². The number of aromatic nitrogens is 3. The lowest BCUT2D eigenvalue weighted by Gasteiger charge is -2.07. The molecule has 0 fully saturated rings. The Hall–Kier alpha value is -4.07. The lowest BCUT2D eigenvalue weighted by atomic mass is 10.2. The van der Waals surface area contributed by atoms with E-state index in [9.17, 15) is 23.7 Å². The molecule has 0 bridgehead atoms. The first-order chi connectivity index (χ1) is 14.8. The molecule has 31 heavy (non-hydrogen) atoms. The van der Waals surface area contributed by atoms with Crippen molar-refractivity contribution in [2.24, 2.45) is 5.10 Å². The summed E-state index contributed by atoms with van der Waals surface area (Å²) in [6.45, 7) is 0. The molecule has 4 N–H and O–H groups in total. The number of amides is 1. The Balaban J connectivity index is 1.55. The number of anilines is 2. The number of nitro benzene ring substituents is 1. The number of para-hydroxylation sites is 1. The van der Waals surface area contributed by atoms with E-state index in [0.717, 1.165) is 28.6 Å². The molecule has 11 nitrogen and oxygen atoms in total. The minimum atomic E-state index is -0.891. The maximum Gasteiger partial charge on any atom is 0.269 e. The summed E-state index contributed by atoms with van der Waals surface area (Å²) in [6.07, 6.45) is 1.39. The van der Waals surface area contributed by atoms with Crippen molar-refractivity contribution in [1.82, 2.24) is 14.9 Å². The van der Waals surface area contributed by atoms with Gasteiger partial charge in [0.2, 0.25) is 11.1 Å². The summed E-state index contributed by atoms with van der Waals surface area (Å²) >= 11 is 0.893. The van der Waals surface area contributed by atoms with Gasteiger partial charge in [-0.1, -0.05) is 17.8 Å². The molecule has 14 heteroatoms. The molecule has 0 saturated heterocycles. The zero-order chi connectivity index (χ0) is 22.4. The summed E-state index contributed by atoms with van der Waals surface area (Å²) in [5, 5.41) is 24.4. The number of halogens is 2. The first-order valence-electron chi connectivity index (χ1n) is 8.46. The summed E-state index contributed by atoms with van der Waals surface area (Å²) in [6, 6.07) is 8.92. The van der Waals surface area contributed by atoms with Crippen LogP contribution in [0, 0.1) is 21.7 Å². The van der Waals surface area contributed by atoms with Crippen LogP contribution in [0.3, 0.4) is 0 Å². The zero-order valence-electron chi connectivity index (χ0n) is 15.5. The highest BCUT2D eigenvalue weighted by atomic mass is 32.2. The van der Waals surface area contributed by atoms with Crippen LogP contribution in [0.15, 0.2) is 52.7 Å². The quantitative estimate of drug-likeness (QED) is 0.156. The predicted molar refractivity (Wildman–Crippen MR) is 110 cm³/mol. The monoisotopic (exact) mass is 448 g/mol. The summed E-state index contributed by atoms with van der Waals surface area (Å²) in [7, 11) is 0. The van der Waals surface area contributed by atoms with Gasteiger partial charge in [-0.05, 0) is 29.8 Å². The molecule has 2 aromatic carbocycles. The molecule has 0 aliphatic carbocycles. The summed E-state index contributed by atoms with van der Waals surface area (Å²) in [5.74, 6) is 3.21. The fourth-order valence-electron chi connectivity index (χ4n) is 2.22. The van der Waals surface area contributed by atoms with Crippen molar-refractivity contribution in [3.8, 4) is 0 Å². The van der Waals surface area contributed by atoms with Crippen LogP contribution in [0.25, 0.3) is 0 Å². The van der Waals surface area contributed by atoms with E-state index in [2.05, 4.69) is 26.0 Å². The smallest absolute Gasteiger partial charge is 0.269 e. The molecule has 0 aliphatic rings. The third-order valence-corrected chi connectivity index (χ3v) is 4.65. The molecule has 0 aliphatic heterocycles. The molecule has 0 saturated carbocycles. The zero-order valence-corrected chi connectivity index (χ0v) is 16.3. The number of thioether (sulfide) groups is 1. The Morgan fingerprint density at radius 3 is 2.55 bits per heavy atom. The molecule has 3 rings (SSSR count). The number of rotatable bonds is 8. The first kappa shape index (κ1) is 21.6. The van der Waals surface area contributed by atoms with Crippen LogP contribution in [0.1, 0.15) is 5.56 Å². The third kappa shape index (κ3) is 5.51. The normalized spacial score (nSPS) is 10.9. The number of carbonyl (C=O) groups is 1. The molecule has 0 unspecified atom stereocenters. The van der Waals surface area contributed by atoms with Gasteiger partial charge in [-0.15, -0.1) is 10.2 Å². The molecular weight excluding hydrogens is 434 g/mol. The van der Waals surface area contributed by atoms with Crippen LogP contribution in [0.4, 0.5) is 26.1 Å². The van der Waals surface area contributed by atoms with E-state index in [4.69, 9.17) is 5.84 Å². The van der Waals surface area contributed by atoms with Crippen molar-refractivity contribution in [2.75, 3.05) is 22.3 Å². The molecule has 0 spiro atoms. The maximum absolute atomic E-state index is 13.6. The lowest BCUT2D eigenvalue weighted by Crippen LogP contribution is -2.18. The molecule has 1 amide bonds. The van der Waals surface area contributed by atoms with E-state index in [1.54, 1.807) is 0 Å². The number of hydrazone groups is 1. The van der Waals surface area contributed by atoms with Gasteiger partial charge >= 0.3 is 0 Å². The van der Waals surface area contributed by atoms with Gasteiger partial charge in [0.25, 0.3) is 11.6 Å². The van der Waals surface area contributed by atoms with Crippen LogP contribution in [-0.4, -0.2) is 37.7 Å². The summed E-state index contributed by atoms with van der Waals surface area (Å²) in [4.78, 5) is 22.1. The van der Waals surface area contributed by atoms with Gasteiger partial charge in [-0.3, -0.25) is 14.9 Å². The Bertz CT molecular complexity index is 1120. The number of nitrogens with one attached hydrogen (secondary N) is 2.